The van der Waals surface area contributed by atoms with Crippen molar-refractivity contribution in [2.75, 3.05) is 30.0 Å². The van der Waals surface area contributed by atoms with Crippen LogP contribution < -0.4 is 14.4 Å². The molecule has 0 aliphatic carbocycles. The number of hydrogen-bond donors (Lipinski definition) is 1. The van der Waals surface area contributed by atoms with Gasteiger partial charge in [-0.1, -0.05) is 12.1 Å². The Hall–Kier alpha value is -2.19. The van der Waals surface area contributed by atoms with Gasteiger partial charge in [-0.3, -0.25) is 9.10 Å². The van der Waals surface area contributed by atoms with Gasteiger partial charge in [0.25, 0.3) is 5.91 Å². The van der Waals surface area contributed by atoms with E-state index in [4.69, 9.17) is 4.74 Å². The predicted molar refractivity (Wildman–Crippen MR) is 115 cm³/mol. The third-order valence-corrected chi connectivity index (χ3v) is 6.19. The van der Waals surface area contributed by atoms with E-state index in [1.165, 1.54) is 15.5 Å². The Kier molecular flexibility index (Phi) is 7.77. The minimum atomic E-state index is -3.32. The van der Waals surface area contributed by atoms with Crippen LogP contribution in [-0.2, 0) is 14.8 Å². The zero-order chi connectivity index (χ0) is 20.7. The standard InChI is InChI=1S/C20H26N2O4S2/c1-5-22(28(4,24)25)17-8-10-18(11-9-17)26-14-20(23)21-15(2)16-6-12-19(27-3)13-7-16/h6-13,15H,5,14H2,1-4H3,(H,21,23)/t15-/m0/s1. The number of nitrogens with one attached hydrogen (secondary N) is 1. The van der Waals surface area contributed by atoms with Crippen LogP contribution in [0.2, 0.25) is 0 Å². The Labute approximate surface area is 171 Å². The summed E-state index contributed by atoms with van der Waals surface area (Å²) in [4.78, 5) is 13.3. The average Bonchev–Trinajstić information content (AvgIpc) is 2.67. The van der Waals surface area contributed by atoms with Crippen molar-refractivity contribution in [3.05, 3.63) is 54.1 Å². The maximum atomic E-state index is 12.1. The Bertz CT molecular complexity index is 881. The third-order valence-electron chi connectivity index (χ3n) is 4.18. The second-order valence-electron chi connectivity index (χ2n) is 6.27. The van der Waals surface area contributed by atoms with Crippen molar-refractivity contribution in [2.45, 2.75) is 24.8 Å². The van der Waals surface area contributed by atoms with Crippen LogP contribution >= 0.6 is 11.8 Å². The molecule has 6 nitrogen and oxygen atoms in total. The topological polar surface area (TPSA) is 75.7 Å². The van der Waals surface area contributed by atoms with Gasteiger partial charge < -0.3 is 10.1 Å². The van der Waals surface area contributed by atoms with E-state index in [1.807, 2.05) is 37.4 Å². The van der Waals surface area contributed by atoms with Crippen LogP contribution in [0.4, 0.5) is 5.69 Å². The van der Waals surface area contributed by atoms with E-state index in [0.29, 0.717) is 18.0 Å². The number of sulfonamides is 1. The number of carbonyl (C=O) groups excluding carboxylic acids is 1. The van der Waals surface area contributed by atoms with E-state index < -0.39 is 10.0 Å². The average molecular weight is 423 g/mol. The van der Waals surface area contributed by atoms with Crippen LogP contribution in [-0.4, -0.2) is 40.0 Å². The molecule has 0 heterocycles. The van der Waals surface area contributed by atoms with E-state index in [2.05, 4.69) is 5.32 Å². The van der Waals surface area contributed by atoms with Crippen molar-refractivity contribution in [2.24, 2.45) is 0 Å². The molecule has 28 heavy (non-hydrogen) atoms. The van der Waals surface area contributed by atoms with Gasteiger partial charge in [-0.2, -0.15) is 0 Å². The Morgan fingerprint density at radius 3 is 2.25 bits per heavy atom. The Morgan fingerprint density at radius 1 is 1.14 bits per heavy atom. The van der Waals surface area contributed by atoms with Crippen LogP contribution in [0.5, 0.6) is 5.75 Å². The zero-order valence-electron chi connectivity index (χ0n) is 16.5. The molecule has 1 N–H and O–H groups in total. The first-order valence-corrected chi connectivity index (χ1v) is 12.0. The monoisotopic (exact) mass is 422 g/mol. The van der Waals surface area contributed by atoms with Gasteiger partial charge in [0.05, 0.1) is 18.0 Å². The van der Waals surface area contributed by atoms with Crippen molar-refractivity contribution in [1.29, 1.82) is 0 Å². The number of benzene rings is 2. The van der Waals surface area contributed by atoms with Gasteiger partial charge in [-0.05, 0) is 62.1 Å². The highest BCUT2D eigenvalue weighted by molar-refractivity contribution is 7.98. The lowest BCUT2D eigenvalue weighted by Crippen LogP contribution is -2.31. The highest BCUT2D eigenvalue weighted by Gasteiger charge is 2.15. The number of ether oxygens (including phenoxy) is 1. The fraction of sp³-hybridized carbons (Fsp3) is 0.350. The van der Waals surface area contributed by atoms with E-state index in [-0.39, 0.29) is 18.6 Å². The van der Waals surface area contributed by atoms with Crippen molar-refractivity contribution in [3.63, 3.8) is 0 Å². The van der Waals surface area contributed by atoms with Crippen LogP contribution in [0, 0.1) is 0 Å². The van der Waals surface area contributed by atoms with Crippen LogP contribution in [0.3, 0.4) is 0 Å². The predicted octanol–water partition coefficient (Wildman–Crippen LogP) is 3.45. The molecule has 0 fully saturated rings. The SMILES string of the molecule is CCN(c1ccc(OCC(=O)N[C@@H](C)c2ccc(SC)cc2)cc1)S(C)(=O)=O. The molecule has 2 aromatic rings. The van der Waals surface area contributed by atoms with Gasteiger partial charge in [-0.25, -0.2) is 8.42 Å². The molecule has 2 rings (SSSR count). The molecule has 0 spiro atoms. The smallest absolute Gasteiger partial charge is 0.258 e. The number of carbonyl (C=O) groups is 1. The van der Waals surface area contributed by atoms with E-state index in [9.17, 15) is 13.2 Å². The maximum absolute atomic E-state index is 12.1. The molecule has 0 radical (unpaired) electrons. The molecule has 1 amide bonds. The molecule has 0 aliphatic rings. The van der Waals surface area contributed by atoms with Crippen molar-refractivity contribution in [3.8, 4) is 5.75 Å². The molecule has 1 atom stereocenters. The van der Waals surface area contributed by atoms with E-state index in [0.717, 1.165) is 5.56 Å². The lowest BCUT2D eigenvalue weighted by atomic mass is 10.1. The molecule has 0 bridgehead atoms. The Morgan fingerprint density at radius 2 is 1.75 bits per heavy atom. The number of nitrogens with zero attached hydrogens (tertiary/aromatic N) is 1. The molecule has 0 saturated carbocycles. The van der Waals surface area contributed by atoms with Crippen LogP contribution in [0.1, 0.15) is 25.5 Å². The molecule has 0 unspecified atom stereocenters. The minimum absolute atomic E-state index is 0.115. The van der Waals surface area contributed by atoms with E-state index >= 15 is 0 Å². The number of thioether (sulfide) groups is 1. The molecular weight excluding hydrogens is 396 g/mol. The summed E-state index contributed by atoms with van der Waals surface area (Å²) in [6.07, 6.45) is 3.19. The largest absolute Gasteiger partial charge is 0.484 e. The minimum Gasteiger partial charge on any atom is -0.484 e. The summed E-state index contributed by atoms with van der Waals surface area (Å²) < 4.78 is 30.3. The Balaban J connectivity index is 1.89. The first kappa shape index (κ1) is 22.1. The van der Waals surface area contributed by atoms with Gasteiger partial charge in [0, 0.05) is 11.4 Å². The van der Waals surface area contributed by atoms with Gasteiger partial charge in [0.15, 0.2) is 6.61 Å². The summed E-state index contributed by atoms with van der Waals surface area (Å²) in [7, 11) is -3.32. The number of hydrogen-bond acceptors (Lipinski definition) is 5. The lowest BCUT2D eigenvalue weighted by Gasteiger charge is -2.20. The van der Waals surface area contributed by atoms with Crippen LogP contribution in [0.15, 0.2) is 53.4 Å². The summed E-state index contributed by atoms with van der Waals surface area (Å²) in [5, 5.41) is 2.90. The van der Waals surface area contributed by atoms with Gasteiger partial charge >= 0.3 is 0 Å². The lowest BCUT2D eigenvalue weighted by molar-refractivity contribution is -0.123. The molecule has 0 saturated heterocycles. The second kappa shape index (κ2) is 9.84. The van der Waals surface area contributed by atoms with Crippen molar-refractivity contribution < 1.29 is 17.9 Å². The third kappa shape index (κ3) is 6.17. The maximum Gasteiger partial charge on any atom is 0.258 e. The quantitative estimate of drug-likeness (QED) is 0.627. The van der Waals surface area contributed by atoms with E-state index in [1.54, 1.807) is 43.0 Å². The molecule has 0 aromatic heterocycles. The normalized spacial score (nSPS) is 12.3. The van der Waals surface area contributed by atoms with Gasteiger partial charge in [0.1, 0.15) is 5.75 Å². The summed E-state index contributed by atoms with van der Waals surface area (Å²) in [6, 6.07) is 14.6. The number of rotatable bonds is 9. The van der Waals surface area contributed by atoms with Gasteiger partial charge in [-0.15, -0.1) is 11.8 Å². The number of amides is 1. The first-order valence-electron chi connectivity index (χ1n) is 8.88. The molecule has 8 heteroatoms. The first-order chi connectivity index (χ1) is 13.2. The summed E-state index contributed by atoms with van der Waals surface area (Å²) in [5.74, 6) is 0.275. The summed E-state index contributed by atoms with van der Waals surface area (Å²) in [5.41, 5.74) is 1.58. The second-order valence-corrected chi connectivity index (χ2v) is 9.06. The number of anilines is 1. The molecule has 152 valence electrons. The molecule has 2 aromatic carbocycles. The van der Waals surface area contributed by atoms with Gasteiger partial charge in [0.2, 0.25) is 10.0 Å². The highest BCUT2D eigenvalue weighted by atomic mass is 32.2. The zero-order valence-corrected chi connectivity index (χ0v) is 18.1. The van der Waals surface area contributed by atoms with Crippen molar-refractivity contribution in [1.82, 2.24) is 5.32 Å². The molecular formula is C20H26N2O4S2. The fourth-order valence-electron chi connectivity index (χ4n) is 2.73. The fourth-order valence-corrected chi connectivity index (χ4v) is 4.11. The summed E-state index contributed by atoms with van der Waals surface area (Å²) in [6.45, 7) is 3.92. The highest BCUT2D eigenvalue weighted by Crippen LogP contribution is 2.22. The van der Waals surface area contributed by atoms with Crippen LogP contribution in [0.25, 0.3) is 0 Å². The molecule has 0 aliphatic heterocycles. The van der Waals surface area contributed by atoms with Crippen molar-refractivity contribution >= 4 is 33.4 Å². The summed E-state index contributed by atoms with van der Waals surface area (Å²) >= 11 is 1.67.